The molecular weight excluding hydrogens is 226 g/mol. The van der Waals surface area contributed by atoms with Gasteiger partial charge in [-0.3, -0.25) is 4.79 Å². The molecule has 4 heteroatoms. The molecular formula is C14H27N3O. The summed E-state index contributed by atoms with van der Waals surface area (Å²) in [6.45, 7) is 8.21. The summed E-state index contributed by atoms with van der Waals surface area (Å²) in [5.74, 6) is 0.889. The zero-order chi connectivity index (χ0) is 12.8. The minimum absolute atomic E-state index is 0.175. The second kappa shape index (κ2) is 7.10. The number of nitrogens with zero attached hydrogens (tertiary/aromatic N) is 1. The third-order valence-electron chi connectivity index (χ3n) is 4.28. The minimum Gasteiger partial charge on any atom is -0.355 e. The number of hydrogen-bond donors (Lipinski definition) is 2. The quantitative estimate of drug-likeness (QED) is 0.780. The molecule has 0 spiro atoms. The molecule has 18 heavy (non-hydrogen) atoms. The third kappa shape index (κ3) is 3.95. The van der Waals surface area contributed by atoms with Crippen molar-refractivity contribution in [2.24, 2.45) is 11.8 Å². The second-order valence-corrected chi connectivity index (χ2v) is 5.79. The molecule has 2 aliphatic heterocycles. The Morgan fingerprint density at radius 1 is 1.22 bits per heavy atom. The van der Waals surface area contributed by atoms with Crippen molar-refractivity contribution in [3.8, 4) is 0 Å². The van der Waals surface area contributed by atoms with Gasteiger partial charge in [-0.1, -0.05) is 19.8 Å². The van der Waals surface area contributed by atoms with Crippen LogP contribution in [0.3, 0.4) is 0 Å². The lowest BCUT2D eigenvalue weighted by Crippen LogP contribution is -2.39. The number of hydrogen-bond acceptors (Lipinski definition) is 3. The van der Waals surface area contributed by atoms with Crippen molar-refractivity contribution in [3.63, 3.8) is 0 Å². The van der Waals surface area contributed by atoms with Gasteiger partial charge in [0, 0.05) is 19.6 Å². The first-order chi connectivity index (χ1) is 8.77. The number of likely N-dealkylation sites (tertiary alicyclic amines) is 1. The van der Waals surface area contributed by atoms with Gasteiger partial charge in [-0.05, 0) is 38.4 Å². The molecule has 0 saturated carbocycles. The Morgan fingerprint density at radius 2 is 1.94 bits per heavy atom. The fraction of sp³-hybridized carbons (Fsp3) is 0.929. The molecule has 0 bridgehead atoms. The zero-order valence-electron chi connectivity index (χ0n) is 11.6. The average molecular weight is 253 g/mol. The molecule has 0 aromatic rings. The summed E-state index contributed by atoms with van der Waals surface area (Å²) in [5, 5.41) is 6.38. The van der Waals surface area contributed by atoms with Gasteiger partial charge in [0.05, 0.1) is 5.92 Å². The molecule has 2 saturated heterocycles. The third-order valence-corrected chi connectivity index (χ3v) is 4.28. The monoisotopic (exact) mass is 253 g/mol. The molecule has 0 aromatic carbocycles. The van der Waals surface area contributed by atoms with Gasteiger partial charge in [0.15, 0.2) is 0 Å². The SMILES string of the molecule is C[C@@H]1CNC[C@H]1C(=O)NCCN1CCCCCC1. The van der Waals surface area contributed by atoms with Gasteiger partial charge in [-0.25, -0.2) is 0 Å². The number of carbonyl (C=O) groups excluding carboxylic acids is 1. The van der Waals surface area contributed by atoms with Crippen LogP contribution in [-0.2, 0) is 4.79 Å². The van der Waals surface area contributed by atoms with E-state index in [0.717, 1.165) is 26.2 Å². The molecule has 0 aliphatic carbocycles. The van der Waals surface area contributed by atoms with Crippen molar-refractivity contribution >= 4 is 5.91 Å². The highest BCUT2D eigenvalue weighted by atomic mass is 16.1. The lowest BCUT2D eigenvalue weighted by atomic mass is 9.97. The highest BCUT2D eigenvalue weighted by Crippen LogP contribution is 2.15. The molecule has 0 aromatic heterocycles. The van der Waals surface area contributed by atoms with Crippen LogP contribution in [0.5, 0.6) is 0 Å². The summed E-state index contributed by atoms with van der Waals surface area (Å²) in [6.07, 6.45) is 5.37. The molecule has 2 fully saturated rings. The van der Waals surface area contributed by atoms with Gasteiger partial charge in [0.1, 0.15) is 0 Å². The number of amides is 1. The van der Waals surface area contributed by atoms with Crippen molar-refractivity contribution < 1.29 is 4.79 Å². The fourth-order valence-corrected chi connectivity index (χ4v) is 2.99. The van der Waals surface area contributed by atoms with Crippen LogP contribution in [0.4, 0.5) is 0 Å². The highest BCUT2D eigenvalue weighted by Gasteiger charge is 2.29. The van der Waals surface area contributed by atoms with E-state index in [2.05, 4.69) is 22.5 Å². The normalized spacial score (nSPS) is 30.1. The summed E-state index contributed by atoms with van der Waals surface area (Å²) in [4.78, 5) is 14.5. The van der Waals surface area contributed by atoms with E-state index in [9.17, 15) is 4.79 Å². The van der Waals surface area contributed by atoms with Crippen LogP contribution in [0.1, 0.15) is 32.6 Å². The Kier molecular flexibility index (Phi) is 5.45. The van der Waals surface area contributed by atoms with E-state index >= 15 is 0 Å². The number of carbonyl (C=O) groups is 1. The van der Waals surface area contributed by atoms with Gasteiger partial charge in [-0.15, -0.1) is 0 Å². The van der Waals surface area contributed by atoms with Crippen LogP contribution < -0.4 is 10.6 Å². The van der Waals surface area contributed by atoms with Gasteiger partial charge < -0.3 is 15.5 Å². The van der Waals surface area contributed by atoms with Crippen molar-refractivity contribution in [3.05, 3.63) is 0 Å². The molecule has 104 valence electrons. The second-order valence-electron chi connectivity index (χ2n) is 5.79. The van der Waals surface area contributed by atoms with Crippen molar-refractivity contribution in [2.75, 3.05) is 39.3 Å². The molecule has 4 nitrogen and oxygen atoms in total. The van der Waals surface area contributed by atoms with Gasteiger partial charge >= 0.3 is 0 Å². The van der Waals surface area contributed by atoms with E-state index in [-0.39, 0.29) is 11.8 Å². The van der Waals surface area contributed by atoms with Gasteiger partial charge in [-0.2, -0.15) is 0 Å². The zero-order valence-corrected chi connectivity index (χ0v) is 11.6. The molecule has 2 rings (SSSR count). The van der Waals surface area contributed by atoms with Gasteiger partial charge in [0.25, 0.3) is 0 Å². The lowest BCUT2D eigenvalue weighted by molar-refractivity contribution is -0.125. The smallest absolute Gasteiger partial charge is 0.224 e. The van der Waals surface area contributed by atoms with Crippen LogP contribution in [0.25, 0.3) is 0 Å². The first kappa shape index (κ1) is 13.8. The standard InChI is InChI=1S/C14H27N3O/c1-12-10-15-11-13(12)14(18)16-6-9-17-7-4-2-3-5-8-17/h12-13,15H,2-11H2,1H3,(H,16,18)/t12-,13-/m1/s1. The van der Waals surface area contributed by atoms with Crippen LogP contribution in [0.2, 0.25) is 0 Å². The Balaban J connectivity index is 1.63. The molecule has 2 N–H and O–H groups in total. The topological polar surface area (TPSA) is 44.4 Å². The Morgan fingerprint density at radius 3 is 2.56 bits per heavy atom. The largest absolute Gasteiger partial charge is 0.355 e. The summed E-state index contributed by atoms with van der Waals surface area (Å²) < 4.78 is 0. The van der Waals surface area contributed by atoms with Crippen molar-refractivity contribution in [1.82, 2.24) is 15.5 Å². The molecule has 0 radical (unpaired) electrons. The van der Waals surface area contributed by atoms with E-state index in [1.165, 1.54) is 38.8 Å². The lowest BCUT2D eigenvalue weighted by Gasteiger charge is -2.21. The van der Waals surface area contributed by atoms with E-state index in [1.54, 1.807) is 0 Å². The fourth-order valence-electron chi connectivity index (χ4n) is 2.99. The maximum absolute atomic E-state index is 12.0. The Labute approximate surface area is 110 Å². The summed E-state index contributed by atoms with van der Waals surface area (Å²) in [7, 11) is 0. The highest BCUT2D eigenvalue weighted by molar-refractivity contribution is 5.79. The Bertz CT molecular complexity index is 262. The maximum atomic E-state index is 12.0. The molecule has 2 atom stereocenters. The first-order valence-electron chi connectivity index (χ1n) is 7.48. The van der Waals surface area contributed by atoms with E-state index < -0.39 is 0 Å². The summed E-state index contributed by atoms with van der Waals surface area (Å²) >= 11 is 0. The van der Waals surface area contributed by atoms with Crippen LogP contribution in [0, 0.1) is 11.8 Å². The number of rotatable bonds is 4. The molecule has 2 aliphatic rings. The first-order valence-corrected chi connectivity index (χ1v) is 7.48. The van der Waals surface area contributed by atoms with E-state index in [0.29, 0.717) is 5.92 Å². The van der Waals surface area contributed by atoms with Crippen LogP contribution in [-0.4, -0.2) is 50.1 Å². The van der Waals surface area contributed by atoms with Crippen molar-refractivity contribution in [1.29, 1.82) is 0 Å². The van der Waals surface area contributed by atoms with Crippen molar-refractivity contribution in [2.45, 2.75) is 32.6 Å². The Hall–Kier alpha value is -0.610. The minimum atomic E-state index is 0.175. The molecule has 1 amide bonds. The average Bonchev–Trinajstić information content (AvgIpc) is 2.63. The molecule has 0 unspecified atom stereocenters. The summed E-state index contributed by atoms with van der Waals surface area (Å²) in [6, 6.07) is 0. The number of nitrogens with one attached hydrogen (secondary N) is 2. The van der Waals surface area contributed by atoms with Gasteiger partial charge in [0.2, 0.25) is 5.91 Å². The van der Waals surface area contributed by atoms with Crippen LogP contribution in [0.15, 0.2) is 0 Å². The van der Waals surface area contributed by atoms with E-state index in [4.69, 9.17) is 0 Å². The van der Waals surface area contributed by atoms with Crippen LogP contribution >= 0.6 is 0 Å². The molecule has 2 heterocycles. The predicted molar refractivity (Wildman–Crippen MR) is 73.4 cm³/mol. The summed E-state index contributed by atoms with van der Waals surface area (Å²) in [5.41, 5.74) is 0. The predicted octanol–water partition coefficient (Wildman–Crippen LogP) is 0.834. The maximum Gasteiger partial charge on any atom is 0.224 e. The van der Waals surface area contributed by atoms with E-state index in [1.807, 2.05) is 0 Å².